The Hall–Kier alpha value is -0.780. The fourth-order valence-electron chi connectivity index (χ4n) is 0.116. The number of ether oxygens (including phenoxy) is 1. The van der Waals surface area contributed by atoms with Gasteiger partial charge >= 0.3 is 12.1 Å². The van der Waals surface area contributed by atoms with Gasteiger partial charge in [0.15, 0.2) is 0 Å². The molecule has 62 valence electrons. The third kappa shape index (κ3) is 5.36. The SMILES string of the molecule is CO.COC(=O)C(F)(F)F. The fourth-order valence-corrected chi connectivity index (χ4v) is 0.116. The van der Waals surface area contributed by atoms with Gasteiger partial charge in [0.25, 0.3) is 0 Å². The van der Waals surface area contributed by atoms with E-state index in [9.17, 15) is 18.0 Å². The molecule has 0 aromatic rings. The molecule has 0 radical (unpaired) electrons. The highest BCUT2D eigenvalue weighted by Crippen LogP contribution is 2.15. The van der Waals surface area contributed by atoms with Gasteiger partial charge in [-0.1, -0.05) is 0 Å². The number of esters is 1. The number of methoxy groups -OCH3 is 1. The third-order valence-electron chi connectivity index (χ3n) is 0.417. The summed E-state index contributed by atoms with van der Waals surface area (Å²) in [5, 5.41) is 7.00. The van der Waals surface area contributed by atoms with E-state index in [-0.39, 0.29) is 0 Å². The van der Waals surface area contributed by atoms with Crippen molar-refractivity contribution in [1.29, 1.82) is 0 Å². The molecule has 0 bridgehead atoms. The lowest BCUT2D eigenvalue weighted by molar-refractivity contribution is -0.196. The largest absolute Gasteiger partial charge is 0.490 e. The average Bonchev–Trinajstić information content (AvgIpc) is 1.89. The van der Waals surface area contributed by atoms with Crippen LogP contribution in [0.5, 0.6) is 0 Å². The van der Waals surface area contributed by atoms with E-state index in [4.69, 9.17) is 5.11 Å². The van der Waals surface area contributed by atoms with Crippen LogP contribution in [0.2, 0.25) is 0 Å². The number of carbonyl (C=O) groups excluding carboxylic acids is 1. The second kappa shape index (κ2) is 5.04. The van der Waals surface area contributed by atoms with Gasteiger partial charge in [-0.2, -0.15) is 13.2 Å². The van der Waals surface area contributed by atoms with Crippen LogP contribution in [-0.2, 0) is 9.53 Å². The Labute approximate surface area is 55.4 Å². The summed E-state index contributed by atoms with van der Waals surface area (Å²) >= 11 is 0. The highest BCUT2D eigenvalue weighted by atomic mass is 19.4. The van der Waals surface area contributed by atoms with Crippen LogP contribution in [-0.4, -0.2) is 31.5 Å². The first-order chi connectivity index (χ1) is 4.48. The predicted octanol–water partition coefficient (Wildman–Crippen LogP) is 0.330. The van der Waals surface area contributed by atoms with E-state index in [1.807, 2.05) is 0 Å². The summed E-state index contributed by atoms with van der Waals surface area (Å²) in [7, 11) is 1.68. The molecule has 0 fully saturated rings. The molecule has 0 saturated heterocycles. The van der Waals surface area contributed by atoms with Crippen molar-refractivity contribution < 1.29 is 27.8 Å². The monoisotopic (exact) mass is 160 g/mol. The van der Waals surface area contributed by atoms with Crippen molar-refractivity contribution in [3.8, 4) is 0 Å². The Morgan fingerprint density at radius 2 is 1.70 bits per heavy atom. The molecule has 0 heterocycles. The van der Waals surface area contributed by atoms with Gasteiger partial charge < -0.3 is 9.84 Å². The van der Waals surface area contributed by atoms with E-state index in [0.29, 0.717) is 7.11 Å². The molecular formula is C4H7F3O3. The predicted molar refractivity (Wildman–Crippen MR) is 26.2 cm³/mol. The number of rotatable bonds is 0. The molecule has 0 aliphatic carbocycles. The molecule has 0 atom stereocenters. The fraction of sp³-hybridized carbons (Fsp3) is 0.750. The van der Waals surface area contributed by atoms with E-state index >= 15 is 0 Å². The summed E-state index contributed by atoms with van der Waals surface area (Å²) in [4.78, 5) is 9.49. The zero-order chi connectivity index (χ0) is 8.78. The maximum absolute atomic E-state index is 11.0. The van der Waals surface area contributed by atoms with Crippen LogP contribution < -0.4 is 0 Å². The summed E-state index contributed by atoms with van der Waals surface area (Å²) in [6.45, 7) is 0. The third-order valence-corrected chi connectivity index (χ3v) is 0.417. The molecule has 0 saturated carbocycles. The maximum atomic E-state index is 11.0. The van der Waals surface area contributed by atoms with Crippen LogP contribution in [0.25, 0.3) is 0 Å². The topological polar surface area (TPSA) is 46.5 Å². The molecule has 0 aliphatic rings. The molecule has 0 spiro atoms. The van der Waals surface area contributed by atoms with E-state index < -0.39 is 12.1 Å². The Morgan fingerprint density at radius 3 is 1.70 bits per heavy atom. The number of halogens is 3. The normalized spacial score (nSPS) is 9.40. The summed E-state index contributed by atoms with van der Waals surface area (Å²) < 4.78 is 36.3. The van der Waals surface area contributed by atoms with Crippen LogP contribution in [0, 0.1) is 0 Å². The standard InChI is InChI=1S/C3H3F3O2.CH4O/c1-8-2(7)3(4,5)6;1-2/h1H3;2H,1H3. The number of aliphatic hydroxyl groups excluding tert-OH is 1. The summed E-state index contributed by atoms with van der Waals surface area (Å²) in [6.07, 6.45) is -4.85. The lowest BCUT2D eigenvalue weighted by Gasteiger charge is -1.99. The van der Waals surface area contributed by atoms with Gasteiger partial charge in [-0.05, 0) is 0 Å². The van der Waals surface area contributed by atoms with Gasteiger partial charge in [0.05, 0.1) is 7.11 Å². The van der Waals surface area contributed by atoms with Gasteiger partial charge in [0.2, 0.25) is 0 Å². The molecule has 0 unspecified atom stereocenters. The van der Waals surface area contributed by atoms with Gasteiger partial charge in [0.1, 0.15) is 0 Å². The molecule has 0 aromatic heterocycles. The molecule has 10 heavy (non-hydrogen) atoms. The van der Waals surface area contributed by atoms with E-state index in [0.717, 1.165) is 7.11 Å². The number of hydrogen-bond acceptors (Lipinski definition) is 3. The van der Waals surface area contributed by atoms with Crippen molar-refractivity contribution in [2.24, 2.45) is 0 Å². The highest BCUT2D eigenvalue weighted by Gasteiger charge is 2.39. The summed E-state index contributed by atoms with van der Waals surface area (Å²) in [6, 6.07) is 0. The Kier molecular flexibility index (Phi) is 6.02. The minimum absolute atomic E-state index is 0.676. The second-order valence-electron chi connectivity index (χ2n) is 0.989. The zero-order valence-corrected chi connectivity index (χ0v) is 5.40. The van der Waals surface area contributed by atoms with E-state index in [2.05, 4.69) is 4.74 Å². The summed E-state index contributed by atoms with van der Waals surface area (Å²) in [5.41, 5.74) is 0. The second-order valence-corrected chi connectivity index (χ2v) is 0.989. The number of hydrogen-bond donors (Lipinski definition) is 1. The first-order valence-corrected chi connectivity index (χ1v) is 2.08. The van der Waals surface area contributed by atoms with Crippen molar-refractivity contribution in [2.45, 2.75) is 6.18 Å². The van der Waals surface area contributed by atoms with Crippen LogP contribution >= 0.6 is 0 Å². The molecule has 3 nitrogen and oxygen atoms in total. The van der Waals surface area contributed by atoms with Crippen LogP contribution in [0.4, 0.5) is 13.2 Å². The molecule has 1 N–H and O–H groups in total. The lowest BCUT2D eigenvalue weighted by Crippen LogP contribution is -2.23. The first kappa shape index (κ1) is 12.0. The van der Waals surface area contributed by atoms with E-state index in [1.54, 1.807) is 0 Å². The van der Waals surface area contributed by atoms with Gasteiger partial charge in [-0.15, -0.1) is 0 Å². The molecule has 6 heteroatoms. The molecule has 0 aliphatic heterocycles. The van der Waals surface area contributed by atoms with Crippen molar-refractivity contribution in [1.82, 2.24) is 0 Å². The van der Waals surface area contributed by atoms with Crippen LogP contribution in [0.3, 0.4) is 0 Å². The highest BCUT2D eigenvalue weighted by molar-refractivity contribution is 5.75. The smallest absolute Gasteiger partial charge is 0.462 e. The van der Waals surface area contributed by atoms with Gasteiger partial charge in [0, 0.05) is 7.11 Å². The zero-order valence-electron chi connectivity index (χ0n) is 5.40. The lowest BCUT2D eigenvalue weighted by atomic mass is 10.7. The van der Waals surface area contributed by atoms with Gasteiger partial charge in [-0.3, -0.25) is 0 Å². The molecule has 0 aromatic carbocycles. The maximum Gasteiger partial charge on any atom is 0.490 e. The minimum atomic E-state index is -4.85. The van der Waals surface area contributed by atoms with Crippen molar-refractivity contribution in [3.63, 3.8) is 0 Å². The average molecular weight is 160 g/mol. The van der Waals surface area contributed by atoms with Crippen molar-refractivity contribution >= 4 is 5.97 Å². The van der Waals surface area contributed by atoms with Crippen LogP contribution in [0.15, 0.2) is 0 Å². The minimum Gasteiger partial charge on any atom is -0.462 e. The number of alkyl halides is 3. The quantitative estimate of drug-likeness (QED) is 0.519. The summed E-state index contributed by atoms with van der Waals surface area (Å²) in [5.74, 6) is -2.17. The Morgan fingerprint density at radius 1 is 1.40 bits per heavy atom. The number of carbonyl (C=O) groups is 1. The molecular weight excluding hydrogens is 153 g/mol. The Balaban J connectivity index is 0. The first-order valence-electron chi connectivity index (χ1n) is 2.08. The van der Waals surface area contributed by atoms with Crippen LogP contribution in [0.1, 0.15) is 0 Å². The van der Waals surface area contributed by atoms with E-state index in [1.165, 1.54) is 0 Å². The Bertz CT molecular complexity index is 98.4. The molecule has 0 rings (SSSR count). The van der Waals surface area contributed by atoms with Crippen molar-refractivity contribution in [3.05, 3.63) is 0 Å². The van der Waals surface area contributed by atoms with Gasteiger partial charge in [-0.25, -0.2) is 4.79 Å². The number of aliphatic hydroxyl groups is 1. The van der Waals surface area contributed by atoms with Crippen molar-refractivity contribution in [2.75, 3.05) is 14.2 Å². The molecule has 0 amide bonds.